The van der Waals surface area contributed by atoms with Crippen LogP contribution in [0.4, 0.5) is 4.39 Å². The number of aryl methyl sites for hydroxylation is 1. The number of nitrogens with one attached hydrogen (secondary N) is 1. The number of rotatable bonds is 5. The molecule has 1 unspecified atom stereocenters. The van der Waals surface area contributed by atoms with Crippen molar-refractivity contribution in [2.45, 2.75) is 26.4 Å². The lowest BCUT2D eigenvalue weighted by Crippen LogP contribution is -2.35. The molecule has 0 saturated carbocycles. The van der Waals surface area contributed by atoms with Crippen LogP contribution in [0.2, 0.25) is 5.15 Å². The van der Waals surface area contributed by atoms with Gasteiger partial charge in [-0.15, -0.1) is 0 Å². The molecule has 0 aliphatic carbocycles. The highest BCUT2D eigenvalue weighted by atomic mass is 35.5. The molecule has 1 atom stereocenters. The van der Waals surface area contributed by atoms with Gasteiger partial charge in [-0.3, -0.25) is 4.79 Å². The molecule has 2 aromatic rings. The van der Waals surface area contributed by atoms with Crippen molar-refractivity contribution in [3.63, 3.8) is 0 Å². The molecular formula is C15H17ClFN3O2. The summed E-state index contributed by atoms with van der Waals surface area (Å²) in [5.74, 6) is -0.695. The number of amides is 1. The van der Waals surface area contributed by atoms with Crippen molar-refractivity contribution < 1.29 is 14.3 Å². The molecule has 1 amide bonds. The third-order valence-electron chi connectivity index (χ3n) is 3.19. The van der Waals surface area contributed by atoms with Crippen LogP contribution in [-0.4, -0.2) is 33.4 Å². The SMILES string of the molecule is Cc1nn(Cc2ccc(F)cc2)c(Cl)c1C(=O)NC(C)CO. The quantitative estimate of drug-likeness (QED) is 0.885. The lowest BCUT2D eigenvalue weighted by atomic mass is 10.2. The molecule has 22 heavy (non-hydrogen) atoms. The summed E-state index contributed by atoms with van der Waals surface area (Å²) in [5, 5.41) is 16.1. The van der Waals surface area contributed by atoms with Gasteiger partial charge in [-0.2, -0.15) is 5.10 Å². The summed E-state index contributed by atoms with van der Waals surface area (Å²) >= 11 is 6.24. The Bertz CT molecular complexity index is 670. The maximum atomic E-state index is 12.9. The number of hydrogen-bond donors (Lipinski definition) is 2. The minimum Gasteiger partial charge on any atom is -0.394 e. The molecule has 0 aliphatic rings. The molecule has 1 aromatic carbocycles. The van der Waals surface area contributed by atoms with Crippen LogP contribution in [0.3, 0.4) is 0 Å². The molecule has 0 saturated heterocycles. The molecule has 0 aliphatic heterocycles. The molecule has 118 valence electrons. The molecule has 1 aromatic heterocycles. The van der Waals surface area contributed by atoms with Crippen LogP contribution >= 0.6 is 11.6 Å². The van der Waals surface area contributed by atoms with E-state index >= 15 is 0 Å². The summed E-state index contributed by atoms with van der Waals surface area (Å²) in [5.41, 5.74) is 1.60. The smallest absolute Gasteiger partial charge is 0.256 e. The van der Waals surface area contributed by atoms with Crippen molar-refractivity contribution >= 4 is 17.5 Å². The van der Waals surface area contributed by atoms with Crippen LogP contribution < -0.4 is 5.32 Å². The first-order valence-corrected chi connectivity index (χ1v) is 7.19. The van der Waals surface area contributed by atoms with E-state index in [9.17, 15) is 9.18 Å². The van der Waals surface area contributed by atoms with Gasteiger partial charge < -0.3 is 10.4 Å². The van der Waals surface area contributed by atoms with Crippen molar-refractivity contribution in [2.75, 3.05) is 6.61 Å². The van der Waals surface area contributed by atoms with Crippen LogP contribution in [-0.2, 0) is 6.54 Å². The third-order valence-corrected chi connectivity index (χ3v) is 3.57. The van der Waals surface area contributed by atoms with Gasteiger partial charge in [0.15, 0.2) is 0 Å². The van der Waals surface area contributed by atoms with Gasteiger partial charge in [0.2, 0.25) is 0 Å². The zero-order valence-electron chi connectivity index (χ0n) is 12.3. The van der Waals surface area contributed by atoms with E-state index in [0.29, 0.717) is 12.2 Å². The number of benzene rings is 1. The Labute approximate surface area is 132 Å². The van der Waals surface area contributed by atoms with E-state index in [4.69, 9.17) is 16.7 Å². The lowest BCUT2D eigenvalue weighted by molar-refractivity contribution is 0.0922. The number of carbonyl (C=O) groups is 1. The van der Waals surface area contributed by atoms with Crippen LogP contribution in [0.15, 0.2) is 24.3 Å². The minimum atomic E-state index is -0.380. The highest BCUT2D eigenvalue weighted by molar-refractivity contribution is 6.33. The van der Waals surface area contributed by atoms with Gasteiger partial charge in [0.05, 0.1) is 24.4 Å². The molecular weight excluding hydrogens is 309 g/mol. The summed E-state index contributed by atoms with van der Waals surface area (Å²) in [6, 6.07) is 5.61. The van der Waals surface area contributed by atoms with Gasteiger partial charge in [0.25, 0.3) is 5.91 Å². The Hall–Kier alpha value is -1.92. The second-order valence-electron chi connectivity index (χ2n) is 5.09. The predicted octanol–water partition coefficient (Wildman–Crippen LogP) is 2.14. The molecule has 2 rings (SSSR count). The van der Waals surface area contributed by atoms with Crippen LogP contribution in [0.1, 0.15) is 28.5 Å². The highest BCUT2D eigenvalue weighted by Gasteiger charge is 2.21. The van der Waals surface area contributed by atoms with Crippen molar-refractivity contribution in [1.29, 1.82) is 0 Å². The maximum Gasteiger partial charge on any atom is 0.256 e. The van der Waals surface area contributed by atoms with Gasteiger partial charge in [-0.1, -0.05) is 23.7 Å². The number of aliphatic hydroxyl groups is 1. The van der Waals surface area contributed by atoms with E-state index in [0.717, 1.165) is 5.56 Å². The monoisotopic (exact) mass is 325 g/mol. The van der Waals surface area contributed by atoms with Crippen LogP contribution in [0.25, 0.3) is 0 Å². The van der Waals surface area contributed by atoms with Gasteiger partial charge in [0, 0.05) is 6.04 Å². The van der Waals surface area contributed by atoms with Crippen molar-refractivity contribution in [3.05, 3.63) is 52.1 Å². The predicted molar refractivity (Wildman–Crippen MR) is 81.5 cm³/mol. The number of carbonyl (C=O) groups excluding carboxylic acids is 1. The van der Waals surface area contributed by atoms with E-state index in [1.807, 2.05) is 0 Å². The van der Waals surface area contributed by atoms with Gasteiger partial charge in [-0.25, -0.2) is 9.07 Å². The van der Waals surface area contributed by atoms with E-state index in [-0.39, 0.29) is 35.1 Å². The first-order valence-electron chi connectivity index (χ1n) is 6.81. The maximum absolute atomic E-state index is 12.9. The molecule has 0 radical (unpaired) electrons. The second-order valence-corrected chi connectivity index (χ2v) is 5.45. The number of aliphatic hydroxyl groups excluding tert-OH is 1. The number of nitrogens with zero attached hydrogens (tertiary/aromatic N) is 2. The standard InChI is InChI=1S/C15H17ClFN3O2/c1-9(8-21)18-15(22)13-10(2)19-20(14(13)16)7-11-3-5-12(17)6-4-11/h3-6,9,21H,7-8H2,1-2H3,(H,18,22). The summed E-state index contributed by atoms with van der Waals surface area (Å²) in [4.78, 5) is 12.2. The topological polar surface area (TPSA) is 67.2 Å². The molecule has 0 bridgehead atoms. The summed E-state index contributed by atoms with van der Waals surface area (Å²) in [6.07, 6.45) is 0. The number of hydrogen-bond acceptors (Lipinski definition) is 3. The van der Waals surface area contributed by atoms with Crippen molar-refractivity contribution in [1.82, 2.24) is 15.1 Å². The zero-order chi connectivity index (χ0) is 16.3. The van der Waals surface area contributed by atoms with Gasteiger partial charge >= 0.3 is 0 Å². The van der Waals surface area contributed by atoms with Crippen LogP contribution in [0, 0.1) is 12.7 Å². The number of aromatic nitrogens is 2. The summed E-state index contributed by atoms with van der Waals surface area (Å²) < 4.78 is 14.4. The fourth-order valence-corrected chi connectivity index (χ4v) is 2.34. The number of halogens is 2. The van der Waals surface area contributed by atoms with E-state index in [1.54, 1.807) is 26.0 Å². The molecule has 2 N–H and O–H groups in total. The molecule has 5 nitrogen and oxygen atoms in total. The Balaban J connectivity index is 2.23. The van der Waals surface area contributed by atoms with E-state index in [2.05, 4.69) is 10.4 Å². The minimum absolute atomic E-state index is 0.161. The normalized spacial score (nSPS) is 12.2. The Morgan fingerprint density at radius 3 is 2.68 bits per heavy atom. The Kier molecular flexibility index (Phi) is 5.15. The Morgan fingerprint density at radius 2 is 2.09 bits per heavy atom. The fraction of sp³-hybridized carbons (Fsp3) is 0.333. The third kappa shape index (κ3) is 3.64. The van der Waals surface area contributed by atoms with E-state index in [1.165, 1.54) is 16.8 Å². The molecule has 7 heteroatoms. The molecule has 0 fully saturated rings. The van der Waals surface area contributed by atoms with Crippen LogP contribution in [0.5, 0.6) is 0 Å². The first kappa shape index (κ1) is 16.5. The average Bonchev–Trinajstić information content (AvgIpc) is 2.75. The zero-order valence-corrected chi connectivity index (χ0v) is 13.1. The van der Waals surface area contributed by atoms with E-state index < -0.39 is 0 Å². The van der Waals surface area contributed by atoms with Crippen molar-refractivity contribution in [3.8, 4) is 0 Å². The highest BCUT2D eigenvalue weighted by Crippen LogP contribution is 2.21. The lowest BCUT2D eigenvalue weighted by Gasteiger charge is -2.10. The average molecular weight is 326 g/mol. The molecule has 1 heterocycles. The largest absolute Gasteiger partial charge is 0.394 e. The Morgan fingerprint density at radius 1 is 1.45 bits per heavy atom. The first-order chi connectivity index (χ1) is 10.4. The van der Waals surface area contributed by atoms with Gasteiger partial charge in [0.1, 0.15) is 11.0 Å². The molecule has 0 spiro atoms. The summed E-state index contributed by atoms with van der Waals surface area (Å²) in [6.45, 7) is 3.55. The van der Waals surface area contributed by atoms with Gasteiger partial charge in [-0.05, 0) is 31.5 Å². The van der Waals surface area contributed by atoms with Crippen molar-refractivity contribution in [2.24, 2.45) is 0 Å². The second kappa shape index (κ2) is 6.89. The fourth-order valence-electron chi connectivity index (χ4n) is 2.02. The summed E-state index contributed by atoms with van der Waals surface area (Å²) in [7, 11) is 0.